The third-order valence-electron chi connectivity index (χ3n) is 5.24. The summed E-state index contributed by atoms with van der Waals surface area (Å²) in [6, 6.07) is 4.30. The van der Waals surface area contributed by atoms with E-state index in [1.165, 1.54) is 16.2 Å². The van der Waals surface area contributed by atoms with E-state index in [1.807, 2.05) is 18.9 Å². The maximum atomic E-state index is 13.1. The second kappa shape index (κ2) is 9.65. The van der Waals surface area contributed by atoms with Crippen molar-refractivity contribution >= 4 is 44.6 Å². The number of hydrogen-bond donors (Lipinski definition) is 1. The molecular formula is C21H29N5OS2. The highest BCUT2D eigenvalue weighted by atomic mass is 32.1. The zero-order chi connectivity index (χ0) is 21.0. The van der Waals surface area contributed by atoms with E-state index in [1.54, 1.807) is 17.7 Å². The summed E-state index contributed by atoms with van der Waals surface area (Å²) < 4.78 is 0. The van der Waals surface area contributed by atoms with Crippen LogP contribution in [-0.4, -0.2) is 58.9 Å². The zero-order valence-electron chi connectivity index (χ0n) is 17.7. The van der Waals surface area contributed by atoms with Crippen LogP contribution in [0.25, 0.3) is 10.2 Å². The summed E-state index contributed by atoms with van der Waals surface area (Å²) in [5, 5.41) is 6.52. The van der Waals surface area contributed by atoms with Gasteiger partial charge in [-0.05, 0) is 43.9 Å². The molecule has 0 bridgehead atoms. The monoisotopic (exact) mass is 431 g/mol. The molecule has 0 radical (unpaired) electrons. The lowest BCUT2D eigenvalue weighted by Crippen LogP contribution is -2.36. The number of nitrogens with one attached hydrogen (secondary N) is 1. The van der Waals surface area contributed by atoms with Gasteiger partial charge in [0.25, 0.3) is 5.91 Å². The van der Waals surface area contributed by atoms with Crippen LogP contribution in [0, 0.1) is 6.92 Å². The van der Waals surface area contributed by atoms with Gasteiger partial charge in [-0.15, -0.1) is 22.7 Å². The highest BCUT2D eigenvalue weighted by Crippen LogP contribution is 2.35. The second-order valence-corrected chi connectivity index (χ2v) is 9.07. The van der Waals surface area contributed by atoms with E-state index in [2.05, 4.69) is 58.5 Å². The first kappa shape index (κ1) is 21.7. The summed E-state index contributed by atoms with van der Waals surface area (Å²) >= 11 is 3.17. The molecule has 0 saturated carbocycles. The quantitative estimate of drug-likeness (QED) is 0.534. The van der Waals surface area contributed by atoms with E-state index >= 15 is 0 Å². The van der Waals surface area contributed by atoms with Gasteiger partial charge in [-0.3, -0.25) is 4.79 Å². The number of fused-ring (bicyclic) bond motifs is 1. The lowest BCUT2D eigenvalue weighted by Gasteiger charge is -2.23. The number of nitrogens with zero attached hydrogens (tertiary/aromatic N) is 4. The number of likely N-dealkylation sites (N-methyl/N-ethyl adjacent to an activating group) is 2. The van der Waals surface area contributed by atoms with Crippen LogP contribution in [0.2, 0.25) is 0 Å². The predicted molar refractivity (Wildman–Crippen MR) is 123 cm³/mol. The fraction of sp³-hybridized carbons (Fsp3) is 0.476. The van der Waals surface area contributed by atoms with Crippen molar-refractivity contribution < 1.29 is 4.79 Å². The van der Waals surface area contributed by atoms with E-state index in [0.717, 1.165) is 46.1 Å². The van der Waals surface area contributed by atoms with E-state index in [9.17, 15) is 4.79 Å². The summed E-state index contributed by atoms with van der Waals surface area (Å²) in [7, 11) is 1.87. The van der Waals surface area contributed by atoms with Crippen LogP contribution >= 0.6 is 22.7 Å². The van der Waals surface area contributed by atoms with E-state index in [0.29, 0.717) is 6.54 Å². The standard InChI is InChI=1S/C21H29N5OS2/c1-6-26(7-2)11-10-25(5)21(27)18-14(3)17-19(22-13-23-20(17)29-18)24-15(4)16-9-8-12-28-16/h8-9,12-13,15H,6-7,10-11H2,1-5H3,(H,22,23,24). The minimum absolute atomic E-state index is 0.0508. The van der Waals surface area contributed by atoms with Gasteiger partial charge in [0.05, 0.1) is 16.3 Å². The lowest BCUT2D eigenvalue weighted by molar-refractivity contribution is 0.0784. The molecule has 29 heavy (non-hydrogen) atoms. The summed E-state index contributed by atoms with van der Waals surface area (Å²) in [6.45, 7) is 12.0. The number of amides is 1. The van der Waals surface area contributed by atoms with Crippen LogP contribution in [0.4, 0.5) is 5.82 Å². The molecule has 3 aromatic rings. The third kappa shape index (κ3) is 4.76. The van der Waals surface area contributed by atoms with Gasteiger partial charge in [0.1, 0.15) is 17.0 Å². The molecule has 1 atom stereocenters. The first-order valence-corrected chi connectivity index (χ1v) is 11.7. The molecule has 0 aromatic carbocycles. The number of anilines is 1. The first-order chi connectivity index (χ1) is 14.0. The average Bonchev–Trinajstić information content (AvgIpc) is 3.37. The number of thiophene rings is 2. The molecular weight excluding hydrogens is 402 g/mol. The maximum absolute atomic E-state index is 13.1. The molecule has 1 unspecified atom stereocenters. The van der Waals surface area contributed by atoms with Crippen molar-refractivity contribution in [3.63, 3.8) is 0 Å². The van der Waals surface area contributed by atoms with Gasteiger partial charge < -0.3 is 15.1 Å². The zero-order valence-corrected chi connectivity index (χ0v) is 19.4. The minimum atomic E-state index is 0.0508. The van der Waals surface area contributed by atoms with Crippen LogP contribution in [0.15, 0.2) is 23.8 Å². The van der Waals surface area contributed by atoms with Crippen molar-refractivity contribution in [2.75, 3.05) is 38.5 Å². The molecule has 0 aliphatic heterocycles. The van der Waals surface area contributed by atoms with Crippen molar-refractivity contribution in [1.29, 1.82) is 0 Å². The molecule has 0 aliphatic carbocycles. The normalized spacial score (nSPS) is 12.5. The van der Waals surface area contributed by atoms with E-state index < -0.39 is 0 Å². The molecule has 3 heterocycles. The van der Waals surface area contributed by atoms with Crippen molar-refractivity contribution in [3.8, 4) is 0 Å². The van der Waals surface area contributed by atoms with Crippen molar-refractivity contribution in [1.82, 2.24) is 19.8 Å². The Morgan fingerprint density at radius 2 is 2.00 bits per heavy atom. The molecule has 1 amide bonds. The Kier molecular flexibility index (Phi) is 7.21. The maximum Gasteiger partial charge on any atom is 0.264 e. The molecule has 0 fully saturated rings. The Morgan fingerprint density at radius 1 is 1.24 bits per heavy atom. The number of carbonyl (C=O) groups excluding carboxylic acids is 1. The van der Waals surface area contributed by atoms with Gasteiger partial charge in [-0.25, -0.2) is 9.97 Å². The van der Waals surface area contributed by atoms with Gasteiger partial charge in [-0.2, -0.15) is 0 Å². The van der Waals surface area contributed by atoms with Crippen LogP contribution in [0.3, 0.4) is 0 Å². The lowest BCUT2D eigenvalue weighted by atomic mass is 10.1. The fourth-order valence-corrected chi connectivity index (χ4v) is 5.18. The van der Waals surface area contributed by atoms with Gasteiger partial charge in [0.2, 0.25) is 0 Å². The van der Waals surface area contributed by atoms with Crippen molar-refractivity contribution in [2.45, 2.75) is 33.7 Å². The summed E-state index contributed by atoms with van der Waals surface area (Å²) in [5.74, 6) is 0.837. The van der Waals surface area contributed by atoms with E-state index in [4.69, 9.17) is 0 Å². The largest absolute Gasteiger partial charge is 0.362 e. The highest BCUT2D eigenvalue weighted by molar-refractivity contribution is 7.20. The first-order valence-electron chi connectivity index (χ1n) is 9.98. The topological polar surface area (TPSA) is 61.4 Å². The number of rotatable bonds is 9. The third-order valence-corrected chi connectivity index (χ3v) is 7.48. The Balaban J connectivity index is 1.83. The molecule has 8 heteroatoms. The van der Waals surface area contributed by atoms with E-state index in [-0.39, 0.29) is 11.9 Å². The second-order valence-electron chi connectivity index (χ2n) is 7.09. The van der Waals surface area contributed by atoms with Crippen molar-refractivity contribution in [3.05, 3.63) is 39.2 Å². The van der Waals surface area contributed by atoms with Crippen LogP contribution in [0.1, 0.15) is 46.9 Å². The number of aromatic nitrogens is 2. The highest BCUT2D eigenvalue weighted by Gasteiger charge is 2.22. The molecule has 0 aliphatic rings. The smallest absolute Gasteiger partial charge is 0.264 e. The molecule has 1 N–H and O–H groups in total. The number of hydrogen-bond acceptors (Lipinski definition) is 7. The molecule has 156 valence electrons. The summed E-state index contributed by atoms with van der Waals surface area (Å²) in [5.41, 5.74) is 0.950. The predicted octanol–water partition coefficient (Wildman–Crippen LogP) is 4.65. The summed E-state index contributed by atoms with van der Waals surface area (Å²) in [4.78, 5) is 29.0. The van der Waals surface area contributed by atoms with Crippen LogP contribution < -0.4 is 5.32 Å². The van der Waals surface area contributed by atoms with Crippen LogP contribution in [0.5, 0.6) is 0 Å². The Hall–Kier alpha value is -2.03. The minimum Gasteiger partial charge on any atom is -0.362 e. The van der Waals surface area contributed by atoms with Gasteiger partial charge in [0, 0.05) is 25.0 Å². The Bertz CT molecular complexity index is 950. The molecule has 0 spiro atoms. The number of aryl methyl sites for hydroxylation is 1. The van der Waals surface area contributed by atoms with Gasteiger partial charge in [-0.1, -0.05) is 19.9 Å². The Labute approximate surface area is 180 Å². The summed E-state index contributed by atoms with van der Waals surface area (Å²) in [6.07, 6.45) is 1.57. The number of carbonyl (C=O) groups is 1. The van der Waals surface area contributed by atoms with Gasteiger partial charge >= 0.3 is 0 Å². The average molecular weight is 432 g/mol. The fourth-order valence-electron chi connectivity index (χ4n) is 3.31. The molecule has 3 aromatic heterocycles. The molecule has 3 rings (SSSR count). The Morgan fingerprint density at radius 3 is 2.66 bits per heavy atom. The van der Waals surface area contributed by atoms with Crippen LogP contribution in [-0.2, 0) is 0 Å². The SMILES string of the molecule is CCN(CC)CCN(C)C(=O)c1sc2ncnc(NC(C)c3cccs3)c2c1C. The van der Waals surface area contributed by atoms with Crippen molar-refractivity contribution in [2.24, 2.45) is 0 Å². The molecule has 0 saturated heterocycles. The molecule has 6 nitrogen and oxygen atoms in total. The van der Waals surface area contributed by atoms with Gasteiger partial charge in [0.15, 0.2) is 0 Å².